The molecule has 0 unspecified atom stereocenters. The maximum atomic E-state index is 5.92. The third kappa shape index (κ3) is 3.50. The molecule has 2 rings (SSSR count). The second kappa shape index (κ2) is 6.25. The lowest BCUT2D eigenvalue weighted by Crippen LogP contribution is -2.06. The van der Waals surface area contributed by atoms with Crippen LogP contribution in [-0.4, -0.2) is 9.55 Å². The van der Waals surface area contributed by atoms with E-state index in [1.807, 2.05) is 19.1 Å². The van der Waals surface area contributed by atoms with Crippen LogP contribution in [0.3, 0.4) is 0 Å². The zero-order chi connectivity index (χ0) is 13.0. The minimum atomic E-state index is 0.778. The minimum absolute atomic E-state index is 0.778. The molecule has 0 bridgehead atoms. The Morgan fingerprint density at radius 2 is 2.28 bits per heavy atom. The second-order valence-electron chi connectivity index (χ2n) is 4.31. The number of aromatic nitrogens is 2. The molecule has 0 radical (unpaired) electrons. The summed E-state index contributed by atoms with van der Waals surface area (Å²) in [5.41, 5.74) is 1.05. The fourth-order valence-corrected chi connectivity index (χ4v) is 2.83. The van der Waals surface area contributed by atoms with Gasteiger partial charge in [0.05, 0.1) is 16.6 Å². The van der Waals surface area contributed by atoms with Gasteiger partial charge in [-0.05, 0) is 25.5 Å². The van der Waals surface area contributed by atoms with Gasteiger partial charge in [0.25, 0.3) is 0 Å². The van der Waals surface area contributed by atoms with E-state index in [-0.39, 0.29) is 0 Å². The van der Waals surface area contributed by atoms with Gasteiger partial charge in [-0.25, -0.2) is 4.98 Å². The number of nitrogens with one attached hydrogen (secondary N) is 1. The van der Waals surface area contributed by atoms with E-state index in [4.69, 9.17) is 11.6 Å². The molecule has 2 aromatic heterocycles. The van der Waals surface area contributed by atoms with Crippen LogP contribution in [0.25, 0.3) is 0 Å². The van der Waals surface area contributed by atoms with Gasteiger partial charge in [-0.3, -0.25) is 0 Å². The van der Waals surface area contributed by atoms with E-state index in [9.17, 15) is 0 Å². The van der Waals surface area contributed by atoms with Gasteiger partial charge in [0.15, 0.2) is 0 Å². The van der Waals surface area contributed by atoms with Gasteiger partial charge in [-0.15, -0.1) is 11.3 Å². The smallest absolute Gasteiger partial charge is 0.203 e. The summed E-state index contributed by atoms with van der Waals surface area (Å²) in [7, 11) is 0. The van der Waals surface area contributed by atoms with Crippen molar-refractivity contribution in [2.75, 3.05) is 5.32 Å². The van der Waals surface area contributed by atoms with Crippen molar-refractivity contribution in [2.24, 2.45) is 0 Å². The molecule has 0 aliphatic heterocycles. The molecular formula is C13H18ClN3S. The van der Waals surface area contributed by atoms with E-state index in [0.717, 1.165) is 29.1 Å². The largest absolute Gasteiger partial charge is 0.351 e. The van der Waals surface area contributed by atoms with Crippen molar-refractivity contribution >= 4 is 28.9 Å². The first-order chi connectivity index (χ1) is 8.69. The Kier molecular flexibility index (Phi) is 4.66. The molecule has 1 N–H and O–H groups in total. The van der Waals surface area contributed by atoms with E-state index < -0.39 is 0 Å². The van der Waals surface area contributed by atoms with Gasteiger partial charge < -0.3 is 9.88 Å². The zero-order valence-corrected chi connectivity index (χ0v) is 12.3. The molecule has 0 aromatic carbocycles. The van der Waals surface area contributed by atoms with Crippen LogP contribution in [-0.2, 0) is 13.1 Å². The fourth-order valence-electron chi connectivity index (χ4n) is 1.80. The van der Waals surface area contributed by atoms with Crippen LogP contribution in [0.1, 0.15) is 30.3 Å². The molecule has 0 fully saturated rings. The van der Waals surface area contributed by atoms with Gasteiger partial charge in [-0.1, -0.05) is 24.9 Å². The Morgan fingerprint density at radius 3 is 2.94 bits per heavy atom. The third-order valence-electron chi connectivity index (χ3n) is 2.70. The molecular weight excluding hydrogens is 266 g/mol. The molecule has 0 amide bonds. The quantitative estimate of drug-likeness (QED) is 0.856. The van der Waals surface area contributed by atoms with E-state index in [1.54, 1.807) is 11.3 Å². The molecule has 0 aliphatic carbocycles. The number of unbranched alkanes of at least 4 members (excludes halogenated alkanes) is 1. The van der Waals surface area contributed by atoms with E-state index in [1.165, 1.54) is 17.7 Å². The SMILES string of the molecule is CCCCn1cc(C)nc1NCc1ccc(Cl)s1. The summed E-state index contributed by atoms with van der Waals surface area (Å²) in [4.78, 5) is 5.73. The lowest BCUT2D eigenvalue weighted by Gasteiger charge is -2.08. The molecule has 2 aromatic rings. The van der Waals surface area contributed by atoms with Crippen LogP contribution in [0.15, 0.2) is 18.3 Å². The number of imidazole rings is 1. The van der Waals surface area contributed by atoms with Crippen LogP contribution in [0.5, 0.6) is 0 Å². The predicted molar refractivity (Wildman–Crippen MR) is 78.5 cm³/mol. The number of hydrogen-bond acceptors (Lipinski definition) is 3. The highest BCUT2D eigenvalue weighted by atomic mass is 35.5. The monoisotopic (exact) mass is 283 g/mol. The van der Waals surface area contributed by atoms with Gasteiger partial charge in [0.1, 0.15) is 0 Å². The van der Waals surface area contributed by atoms with Crippen molar-refractivity contribution in [3.63, 3.8) is 0 Å². The summed E-state index contributed by atoms with van der Waals surface area (Å²) >= 11 is 7.52. The van der Waals surface area contributed by atoms with Crippen LogP contribution in [0.4, 0.5) is 5.95 Å². The maximum Gasteiger partial charge on any atom is 0.203 e. The number of rotatable bonds is 6. The van der Waals surface area contributed by atoms with Crippen molar-refractivity contribution < 1.29 is 0 Å². The molecule has 0 saturated carbocycles. The lowest BCUT2D eigenvalue weighted by molar-refractivity contribution is 0.635. The Bertz CT molecular complexity index is 504. The van der Waals surface area contributed by atoms with Gasteiger partial charge in [-0.2, -0.15) is 0 Å². The Labute approximate surface area is 117 Å². The molecule has 18 heavy (non-hydrogen) atoms. The van der Waals surface area contributed by atoms with Crippen molar-refractivity contribution in [1.29, 1.82) is 0 Å². The summed E-state index contributed by atoms with van der Waals surface area (Å²) in [6.07, 6.45) is 4.46. The Balaban J connectivity index is 1.99. The summed E-state index contributed by atoms with van der Waals surface area (Å²) in [5, 5.41) is 3.38. The van der Waals surface area contributed by atoms with Gasteiger partial charge >= 0.3 is 0 Å². The predicted octanol–water partition coefficient (Wildman–Crippen LogP) is 4.32. The lowest BCUT2D eigenvalue weighted by atomic mass is 10.3. The molecule has 0 aliphatic rings. The van der Waals surface area contributed by atoms with E-state index >= 15 is 0 Å². The van der Waals surface area contributed by atoms with Crippen molar-refractivity contribution in [2.45, 2.75) is 39.8 Å². The molecule has 3 nitrogen and oxygen atoms in total. The average Bonchev–Trinajstić information content (AvgIpc) is 2.90. The first kappa shape index (κ1) is 13.4. The van der Waals surface area contributed by atoms with E-state index in [2.05, 4.69) is 28.0 Å². The number of hydrogen-bond donors (Lipinski definition) is 1. The first-order valence-electron chi connectivity index (χ1n) is 6.21. The average molecular weight is 284 g/mol. The minimum Gasteiger partial charge on any atom is -0.351 e. The molecule has 0 saturated heterocycles. The Morgan fingerprint density at radius 1 is 1.44 bits per heavy atom. The van der Waals surface area contributed by atoms with E-state index in [0.29, 0.717) is 0 Å². The van der Waals surface area contributed by atoms with Crippen LogP contribution in [0, 0.1) is 6.92 Å². The summed E-state index contributed by atoms with van der Waals surface area (Å²) in [6, 6.07) is 3.98. The number of nitrogens with zero attached hydrogens (tertiary/aromatic N) is 2. The van der Waals surface area contributed by atoms with Crippen molar-refractivity contribution in [1.82, 2.24) is 9.55 Å². The highest BCUT2D eigenvalue weighted by Gasteiger charge is 2.05. The topological polar surface area (TPSA) is 29.9 Å². The number of anilines is 1. The molecule has 2 heterocycles. The number of aryl methyl sites for hydroxylation is 2. The molecule has 98 valence electrons. The standard InChI is InChI=1S/C13H18ClN3S/c1-3-4-7-17-9-10(2)16-13(17)15-8-11-5-6-12(14)18-11/h5-6,9H,3-4,7-8H2,1-2H3,(H,15,16). The molecule has 5 heteroatoms. The van der Waals surface area contributed by atoms with Crippen molar-refractivity contribution in [3.8, 4) is 0 Å². The summed E-state index contributed by atoms with van der Waals surface area (Å²) < 4.78 is 3.02. The zero-order valence-electron chi connectivity index (χ0n) is 10.7. The van der Waals surface area contributed by atoms with Crippen LogP contribution < -0.4 is 5.32 Å². The second-order valence-corrected chi connectivity index (χ2v) is 6.11. The number of thiophene rings is 1. The Hall–Kier alpha value is -1.000. The van der Waals surface area contributed by atoms with Crippen LogP contribution >= 0.6 is 22.9 Å². The molecule has 0 atom stereocenters. The highest BCUT2D eigenvalue weighted by molar-refractivity contribution is 7.16. The fraction of sp³-hybridized carbons (Fsp3) is 0.462. The highest BCUT2D eigenvalue weighted by Crippen LogP contribution is 2.22. The summed E-state index contributed by atoms with van der Waals surface area (Å²) in [6.45, 7) is 6.02. The maximum absolute atomic E-state index is 5.92. The van der Waals surface area contributed by atoms with Gasteiger partial charge in [0.2, 0.25) is 5.95 Å². The third-order valence-corrected chi connectivity index (χ3v) is 3.93. The number of halogens is 1. The van der Waals surface area contributed by atoms with Crippen LogP contribution in [0.2, 0.25) is 4.34 Å². The summed E-state index contributed by atoms with van der Waals surface area (Å²) in [5.74, 6) is 0.950. The molecule has 0 spiro atoms. The first-order valence-corrected chi connectivity index (χ1v) is 7.40. The normalized spacial score (nSPS) is 10.8. The van der Waals surface area contributed by atoms with Crippen molar-refractivity contribution in [3.05, 3.63) is 33.2 Å². The van der Waals surface area contributed by atoms with Gasteiger partial charge in [0, 0.05) is 17.6 Å².